The summed E-state index contributed by atoms with van der Waals surface area (Å²) in [5.74, 6) is 0.317. The van der Waals surface area contributed by atoms with Crippen LogP contribution in [0, 0.1) is 0 Å². The SMILES string of the molecule is CC(CC(N)=NO)N1CCN(CCN(C)C)CC1. The van der Waals surface area contributed by atoms with Crippen molar-refractivity contribution in [3.63, 3.8) is 0 Å². The number of piperazine rings is 1. The number of amidine groups is 1. The maximum Gasteiger partial charge on any atom is 0.140 e. The van der Waals surface area contributed by atoms with Crippen molar-refractivity contribution in [3.05, 3.63) is 0 Å². The number of rotatable bonds is 6. The lowest BCUT2D eigenvalue weighted by Gasteiger charge is -2.38. The highest BCUT2D eigenvalue weighted by Crippen LogP contribution is 2.08. The van der Waals surface area contributed by atoms with Crippen molar-refractivity contribution < 1.29 is 5.21 Å². The number of hydrogen-bond acceptors (Lipinski definition) is 5. The molecule has 1 rings (SSSR count). The lowest BCUT2D eigenvalue weighted by Crippen LogP contribution is -2.51. The fraction of sp³-hybridized carbons (Fsp3) is 0.917. The molecule has 0 amide bonds. The van der Waals surface area contributed by atoms with Gasteiger partial charge in [-0.1, -0.05) is 5.16 Å². The maximum atomic E-state index is 8.58. The smallest absolute Gasteiger partial charge is 0.140 e. The van der Waals surface area contributed by atoms with E-state index in [1.165, 1.54) is 0 Å². The van der Waals surface area contributed by atoms with E-state index in [1.54, 1.807) is 0 Å². The molecule has 0 bridgehead atoms. The van der Waals surface area contributed by atoms with Gasteiger partial charge in [0.05, 0.1) is 0 Å². The van der Waals surface area contributed by atoms with Crippen molar-refractivity contribution in [2.45, 2.75) is 19.4 Å². The molecule has 1 heterocycles. The van der Waals surface area contributed by atoms with Crippen molar-refractivity contribution >= 4 is 5.84 Å². The molecule has 1 atom stereocenters. The number of hydrogen-bond donors (Lipinski definition) is 2. The van der Waals surface area contributed by atoms with Crippen LogP contribution in [0.1, 0.15) is 13.3 Å². The minimum Gasteiger partial charge on any atom is -0.409 e. The predicted octanol–water partition coefficient (Wildman–Crippen LogP) is -0.309. The van der Waals surface area contributed by atoms with Crippen LogP contribution >= 0.6 is 0 Å². The van der Waals surface area contributed by atoms with Gasteiger partial charge in [-0.3, -0.25) is 9.80 Å². The first-order valence-electron chi connectivity index (χ1n) is 6.60. The van der Waals surface area contributed by atoms with Crippen LogP contribution in [0.4, 0.5) is 0 Å². The first kappa shape index (κ1) is 15.2. The first-order chi connectivity index (χ1) is 8.52. The lowest BCUT2D eigenvalue weighted by molar-refractivity contribution is 0.0993. The zero-order valence-electron chi connectivity index (χ0n) is 11.8. The van der Waals surface area contributed by atoms with E-state index >= 15 is 0 Å². The van der Waals surface area contributed by atoms with Gasteiger partial charge in [-0.2, -0.15) is 0 Å². The van der Waals surface area contributed by atoms with Crippen LogP contribution in [-0.2, 0) is 0 Å². The van der Waals surface area contributed by atoms with Gasteiger partial charge in [-0.15, -0.1) is 0 Å². The fourth-order valence-electron chi connectivity index (χ4n) is 2.24. The Labute approximate surface area is 110 Å². The molecule has 1 aliphatic heterocycles. The molecule has 1 saturated heterocycles. The van der Waals surface area contributed by atoms with Crippen molar-refractivity contribution in [3.8, 4) is 0 Å². The summed E-state index contributed by atoms with van der Waals surface area (Å²) in [6.07, 6.45) is 0.633. The Morgan fingerprint density at radius 3 is 2.44 bits per heavy atom. The number of nitrogens with two attached hydrogens (primary N) is 1. The van der Waals surface area contributed by atoms with Crippen molar-refractivity contribution in [1.29, 1.82) is 0 Å². The summed E-state index contributed by atoms with van der Waals surface area (Å²) in [6.45, 7) is 8.71. The number of likely N-dealkylation sites (N-methyl/N-ethyl adjacent to an activating group) is 1. The summed E-state index contributed by atoms with van der Waals surface area (Å²) in [5, 5.41) is 11.6. The molecule has 6 nitrogen and oxygen atoms in total. The molecule has 18 heavy (non-hydrogen) atoms. The first-order valence-corrected chi connectivity index (χ1v) is 6.60. The number of nitrogens with zero attached hydrogens (tertiary/aromatic N) is 4. The standard InChI is InChI=1S/C12H27N5O/c1-11(10-12(13)14-18)17-8-6-16(7-9-17)5-4-15(2)3/h11,18H,4-10H2,1-3H3,(H2,13,14). The van der Waals surface area contributed by atoms with E-state index in [-0.39, 0.29) is 0 Å². The molecule has 0 aromatic carbocycles. The summed E-state index contributed by atoms with van der Waals surface area (Å²) in [7, 11) is 4.21. The number of oxime groups is 1. The van der Waals surface area contributed by atoms with Gasteiger partial charge in [0.25, 0.3) is 0 Å². The highest BCUT2D eigenvalue weighted by atomic mass is 16.4. The van der Waals surface area contributed by atoms with Crippen molar-refractivity contribution in [1.82, 2.24) is 14.7 Å². The fourth-order valence-corrected chi connectivity index (χ4v) is 2.24. The van der Waals surface area contributed by atoms with Gasteiger partial charge in [-0.25, -0.2) is 0 Å². The molecular weight excluding hydrogens is 230 g/mol. The molecule has 1 unspecified atom stereocenters. The third kappa shape index (κ3) is 5.20. The largest absolute Gasteiger partial charge is 0.409 e. The molecule has 1 fully saturated rings. The highest BCUT2D eigenvalue weighted by Gasteiger charge is 2.21. The van der Waals surface area contributed by atoms with Crippen LogP contribution in [0.2, 0.25) is 0 Å². The molecule has 0 aromatic heterocycles. The Morgan fingerprint density at radius 2 is 1.94 bits per heavy atom. The average Bonchev–Trinajstić information content (AvgIpc) is 2.36. The monoisotopic (exact) mass is 257 g/mol. The summed E-state index contributed by atoms with van der Waals surface area (Å²) in [6, 6.07) is 0.344. The van der Waals surface area contributed by atoms with Gasteiger partial charge in [0.1, 0.15) is 5.84 Å². The topological polar surface area (TPSA) is 68.3 Å². The second-order valence-corrected chi connectivity index (χ2v) is 5.33. The van der Waals surface area contributed by atoms with E-state index in [1.807, 2.05) is 0 Å². The molecule has 6 heteroatoms. The molecule has 0 aliphatic carbocycles. The Bertz CT molecular complexity index is 261. The van der Waals surface area contributed by atoms with Crippen molar-refractivity contribution in [2.75, 3.05) is 53.4 Å². The third-order valence-corrected chi connectivity index (χ3v) is 3.53. The van der Waals surface area contributed by atoms with E-state index in [9.17, 15) is 0 Å². The van der Waals surface area contributed by atoms with E-state index in [2.05, 4.69) is 40.9 Å². The third-order valence-electron chi connectivity index (χ3n) is 3.53. The summed E-state index contributed by atoms with van der Waals surface area (Å²) < 4.78 is 0. The predicted molar refractivity (Wildman–Crippen MR) is 74.1 cm³/mol. The van der Waals surface area contributed by atoms with Gasteiger partial charge in [0, 0.05) is 51.7 Å². The summed E-state index contributed by atoms with van der Waals surface area (Å²) in [5.41, 5.74) is 5.55. The molecular formula is C12H27N5O. The lowest BCUT2D eigenvalue weighted by atomic mass is 10.1. The van der Waals surface area contributed by atoms with E-state index in [0.29, 0.717) is 18.3 Å². The summed E-state index contributed by atoms with van der Waals surface area (Å²) >= 11 is 0. The van der Waals surface area contributed by atoms with E-state index in [0.717, 1.165) is 39.3 Å². The Morgan fingerprint density at radius 1 is 1.33 bits per heavy atom. The van der Waals surface area contributed by atoms with Gasteiger partial charge >= 0.3 is 0 Å². The van der Waals surface area contributed by atoms with Gasteiger partial charge < -0.3 is 15.8 Å². The second kappa shape index (κ2) is 7.56. The molecule has 3 N–H and O–H groups in total. The zero-order chi connectivity index (χ0) is 13.5. The second-order valence-electron chi connectivity index (χ2n) is 5.33. The van der Waals surface area contributed by atoms with Crippen molar-refractivity contribution in [2.24, 2.45) is 10.9 Å². The molecule has 0 spiro atoms. The Kier molecular flexibility index (Phi) is 6.38. The van der Waals surface area contributed by atoms with Gasteiger partial charge in [0.2, 0.25) is 0 Å². The summed E-state index contributed by atoms with van der Waals surface area (Å²) in [4.78, 5) is 7.12. The average molecular weight is 257 g/mol. The van der Waals surface area contributed by atoms with Crippen LogP contribution in [0.25, 0.3) is 0 Å². The molecule has 0 radical (unpaired) electrons. The van der Waals surface area contributed by atoms with Gasteiger partial charge in [0.15, 0.2) is 0 Å². The Hall–Kier alpha value is -0.850. The van der Waals surface area contributed by atoms with Crippen LogP contribution in [0.15, 0.2) is 5.16 Å². The normalized spacial score (nSPS) is 21.4. The quantitative estimate of drug-likeness (QED) is 0.296. The highest BCUT2D eigenvalue weighted by molar-refractivity contribution is 5.80. The van der Waals surface area contributed by atoms with Crippen LogP contribution in [-0.4, -0.2) is 85.1 Å². The van der Waals surface area contributed by atoms with E-state index in [4.69, 9.17) is 10.9 Å². The van der Waals surface area contributed by atoms with Crippen LogP contribution in [0.3, 0.4) is 0 Å². The van der Waals surface area contributed by atoms with Crippen LogP contribution < -0.4 is 5.73 Å². The van der Waals surface area contributed by atoms with Gasteiger partial charge in [-0.05, 0) is 21.0 Å². The molecule has 0 saturated carbocycles. The zero-order valence-corrected chi connectivity index (χ0v) is 11.8. The van der Waals surface area contributed by atoms with Crippen LogP contribution in [0.5, 0.6) is 0 Å². The van der Waals surface area contributed by atoms with E-state index < -0.39 is 0 Å². The minimum atomic E-state index is 0.317. The molecule has 106 valence electrons. The Balaban J connectivity index is 2.26. The molecule has 1 aliphatic rings. The minimum absolute atomic E-state index is 0.317. The maximum absolute atomic E-state index is 8.58. The molecule has 0 aromatic rings.